The number of benzene rings is 1. The Morgan fingerprint density at radius 2 is 1.75 bits per heavy atom. The van der Waals surface area contributed by atoms with Crippen LogP contribution in [0.2, 0.25) is 0 Å². The summed E-state index contributed by atoms with van der Waals surface area (Å²) in [5.74, 6) is 1.08. The van der Waals surface area contributed by atoms with Crippen molar-refractivity contribution in [2.24, 2.45) is 0 Å². The molecule has 2 nitrogen and oxygen atoms in total. The van der Waals surface area contributed by atoms with Gasteiger partial charge in [-0.05, 0) is 71.0 Å². The molecule has 0 aromatic heterocycles. The largest absolute Gasteiger partial charge is 0.493 e. The van der Waals surface area contributed by atoms with Crippen molar-refractivity contribution in [2.75, 3.05) is 13.2 Å². The number of hydrogen-bond acceptors (Lipinski definition) is 2. The van der Waals surface area contributed by atoms with E-state index < -0.39 is 0 Å². The molecule has 114 valence electrons. The van der Waals surface area contributed by atoms with Gasteiger partial charge in [0.05, 0.1) is 6.61 Å². The van der Waals surface area contributed by atoms with Crippen molar-refractivity contribution >= 4 is 0 Å². The SMILES string of the molecule is CCCNC(C)CCCCOc1c(C)cc(C)cc1C. The second kappa shape index (κ2) is 9.02. The van der Waals surface area contributed by atoms with Crippen LogP contribution >= 0.6 is 0 Å². The summed E-state index contributed by atoms with van der Waals surface area (Å²) in [6.07, 6.45) is 4.79. The summed E-state index contributed by atoms with van der Waals surface area (Å²) in [4.78, 5) is 0. The maximum absolute atomic E-state index is 5.97. The van der Waals surface area contributed by atoms with E-state index in [9.17, 15) is 0 Å². The van der Waals surface area contributed by atoms with Crippen LogP contribution in [0, 0.1) is 20.8 Å². The molecule has 1 aromatic rings. The molecule has 0 aliphatic carbocycles. The molecule has 0 aliphatic rings. The number of nitrogens with one attached hydrogen (secondary N) is 1. The minimum absolute atomic E-state index is 0.623. The molecule has 0 heterocycles. The van der Waals surface area contributed by atoms with E-state index in [1.54, 1.807) is 0 Å². The molecule has 0 saturated carbocycles. The van der Waals surface area contributed by atoms with Gasteiger partial charge in [0.2, 0.25) is 0 Å². The van der Waals surface area contributed by atoms with Crippen molar-refractivity contribution in [2.45, 2.75) is 66.3 Å². The van der Waals surface area contributed by atoms with Gasteiger partial charge in [0.1, 0.15) is 5.75 Å². The van der Waals surface area contributed by atoms with Crippen LogP contribution in [0.4, 0.5) is 0 Å². The number of unbranched alkanes of at least 4 members (excludes halogenated alkanes) is 1. The standard InChI is InChI=1S/C18H31NO/c1-6-10-19-17(5)9-7-8-11-20-18-15(3)12-14(2)13-16(18)4/h12-13,17,19H,6-11H2,1-5H3. The average Bonchev–Trinajstić information content (AvgIpc) is 2.38. The lowest BCUT2D eigenvalue weighted by atomic mass is 10.1. The minimum atomic E-state index is 0.623. The van der Waals surface area contributed by atoms with Gasteiger partial charge in [-0.2, -0.15) is 0 Å². The molecule has 1 rings (SSSR count). The van der Waals surface area contributed by atoms with Crippen LogP contribution in [0.3, 0.4) is 0 Å². The zero-order valence-corrected chi connectivity index (χ0v) is 13.9. The lowest BCUT2D eigenvalue weighted by molar-refractivity contribution is 0.298. The summed E-state index contributed by atoms with van der Waals surface area (Å²) in [6.45, 7) is 12.8. The van der Waals surface area contributed by atoms with E-state index >= 15 is 0 Å². The lowest BCUT2D eigenvalue weighted by Gasteiger charge is -2.15. The predicted octanol–water partition coefficient (Wildman–Crippen LogP) is 4.55. The fraction of sp³-hybridized carbons (Fsp3) is 0.667. The van der Waals surface area contributed by atoms with Crippen LogP contribution in [0.25, 0.3) is 0 Å². The van der Waals surface area contributed by atoms with Crippen LogP contribution in [0.15, 0.2) is 12.1 Å². The first-order chi connectivity index (χ1) is 9.54. The smallest absolute Gasteiger partial charge is 0.125 e. The van der Waals surface area contributed by atoms with Gasteiger partial charge in [-0.15, -0.1) is 0 Å². The van der Waals surface area contributed by atoms with Gasteiger partial charge in [-0.1, -0.05) is 24.6 Å². The van der Waals surface area contributed by atoms with Crippen molar-refractivity contribution in [3.63, 3.8) is 0 Å². The molecule has 1 N–H and O–H groups in total. The highest BCUT2D eigenvalue weighted by Crippen LogP contribution is 2.24. The molecule has 2 heteroatoms. The zero-order chi connectivity index (χ0) is 15.0. The van der Waals surface area contributed by atoms with E-state index in [0.717, 1.165) is 25.3 Å². The van der Waals surface area contributed by atoms with Gasteiger partial charge >= 0.3 is 0 Å². The quantitative estimate of drug-likeness (QED) is 0.669. The van der Waals surface area contributed by atoms with Crippen LogP contribution in [-0.2, 0) is 0 Å². The third kappa shape index (κ3) is 5.96. The van der Waals surface area contributed by atoms with Gasteiger partial charge in [-0.3, -0.25) is 0 Å². The van der Waals surface area contributed by atoms with Gasteiger partial charge in [0.15, 0.2) is 0 Å². The molecule has 20 heavy (non-hydrogen) atoms. The zero-order valence-electron chi connectivity index (χ0n) is 13.9. The number of hydrogen-bond donors (Lipinski definition) is 1. The molecule has 1 atom stereocenters. The Hall–Kier alpha value is -1.02. The van der Waals surface area contributed by atoms with E-state index in [4.69, 9.17) is 4.74 Å². The summed E-state index contributed by atoms with van der Waals surface area (Å²) in [7, 11) is 0. The highest BCUT2D eigenvalue weighted by molar-refractivity contribution is 5.42. The third-order valence-electron chi connectivity index (χ3n) is 3.63. The number of aryl methyl sites for hydroxylation is 3. The van der Waals surface area contributed by atoms with E-state index in [-0.39, 0.29) is 0 Å². The Kier molecular flexibility index (Phi) is 7.68. The lowest BCUT2D eigenvalue weighted by Crippen LogP contribution is -2.26. The summed E-state index contributed by atoms with van der Waals surface area (Å²) in [5.41, 5.74) is 3.81. The van der Waals surface area contributed by atoms with Crippen molar-refractivity contribution < 1.29 is 4.74 Å². The molecule has 0 spiro atoms. The Balaban J connectivity index is 2.25. The molecular formula is C18H31NO. The number of ether oxygens (including phenoxy) is 1. The van der Waals surface area contributed by atoms with Gasteiger partial charge in [0.25, 0.3) is 0 Å². The second-order valence-electron chi connectivity index (χ2n) is 5.93. The molecule has 0 bridgehead atoms. The highest BCUT2D eigenvalue weighted by atomic mass is 16.5. The Morgan fingerprint density at radius 3 is 2.35 bits per heavy atom. The normalized spacial score (nSPS) is 12.4. The van der Waals surface area contributed by atoms with E-state index in [0.29, 0.717) is 6.04 Å². The molecule has 0 amide bonds. The Labute approximate surface area is 124 Å². The van der Waals surface area contributed by atoms with E-state index in [2.05, 4.69) is 52.1 Å². The maximum atomic E-state index is 5.97. The predicted molar refractivity (Wildman–Crippen MR) is 87.8 cm³/mol. The van der Waals surface area contributed by atoms with Crippen molar-refractivity contribution in [1.82, 2.24) is 5.32 Å². The fourth-order valence-electron chi connectivity index (χ4n) is 2.61. The van der Waals surface area contributed by atoms with Gasteiger partial charge in [0, 0.05) is 6.04 Å². The average molecular weight is 277 g/mol. The summed E-state index contributed by atoms with van der Waals surface area (Å²) < 4.78 is 5.97. The van der Waals surface area contributed by atoms with E-state index in [1.165, 1.54) is 36.0 Å². The van der Waals surface area contributed by atoms with Gasteiger partial charge < -0.3 is 10.1 Å². The van der Waals surface area contributed by atoms with Crippen LogP contribution in [0.1, 0.15) is 56.2 Å². The Morgan fingerprint density at radius 1 is 1.10 bits per heavy atom. The molecule has 0 fully saturated rings. The van der Waals surface area contributed by atoms with Crippen LogP contribution in [-0.4, -0.2) is 19.2 Å². The summed E-state index contributed by atoms with van der Waals surface area (Å²) in [6, 6.07) is 5.01. The van der Waals surface area contributed by atoms with Crippen molar-refractivity contribution in [3.8, 4) is 5.75 Å². The third-order valence-corrected chi connectivity index (χ3v) is 3.63. The molecule has 0 saturated heterocycles. The molecule has 0 aliphatic heterocycles. The topological polar surface area (TPSA) is 21.3 Å². The fourth-order valence-corrected chi connectivity index (χ4v) is 2.61. The molecule has 0 radical (unpaired) electrons. The van der Waals surface area contributed by atoms with Crippen molar-refractivity contribution in [3.05, 3.63) is 28.8 Å². The summed E-state index contributed by atoms with van der Waals surface area (Å²) in [5, 5.41) is 3.52. The molecular weight excluding hydrogens is 246 g/mol. The monoisotopic (exact) mass is 277 g/mol. The highest BCUT2D eigenvalue weighted by Gasteiger charge is 2.05. The molecule has 1 unspecified atom stereocenters. The first kappa shape index (κ1) is 17.0. The van der Waals surface area contributed by atoms with Crippen LogP contribution in [0.5, 0.6) is 5.75 Å². The maximum Gasteiger partial charge on any atom is 0.125 e. The van der Waals surface area contributed by atoms with Crippen LogP contribution < -0.4 is 10.1 Å². The minimum Gasteiger partial charge on any atom is -0.493 e. The molecule has 1 aromatic carbocycles. The Bertz CT molecular complexity index is 377. The second-order valence-corrected chi connectivity index (χ2v) is 5.93. The van der Waals surface area contributed by atoms with Crippen molar-refractivity contribution in [1.29, 1.82) is 0 Å². The number of rotatable bonds is 9. The van der Waals surface area contributed by atoms with Gasteiger partial charge in [-0.25, -0.2) is 0 Å². The first-order valence-electron chi connectivity index (χ1n) is 7.98. The summed E-state index contributed by atoms with van der Waals surface area (Å²) >= 11 is 0. The first-order valence-corrected chi connectivity index (χ1v) is 7.98. The van der Waals surface area contributed by atoms with E-state index in [1.807, 2.05) is 0 Å².